The van der Waals surface area contributed by atoms with Crippen molar-refractivity contribution in [2.75, 3.05) is 13.2 Å². The molecule has 0 atom stereocenters. The van der Waals surface area contributed by atoms with Gasteiger partial charge in [0.2, 0.25) is 5.91 Å². The highest BCUT2D eigenvalue weighted by Gasteiger charge is 2.07. The van der Waals surface area contributed by atoms with E-state index in [1.807, 2.05) is 0 Å². The van der Waals surface area contributed by atoms with E-state index in [0.29, 0.717) is 12.1 Å². The molecule has 2 N–H and O–H groups in total. The summed E-state index contributed by atoms with van der Waals surface area (Å²) in [6.07, 6.45) is 1.61. The molecule has 100 valence electrons. The van der Waals surface area contributed by atoms with Gasteiger partial charge in [0.15, 0.2) is 0 Å². The van der Waals surface area contributed by atoms with E-state index >= 15 is 0 Å². The van der Waals surface area contributed by atoms with Crippen LogP contribution < -0.4 is 5.32 Å². The summed E-state index contributed by atoms with van der Waals surface area (Å²) >= 11 is 0. The third-order valence-corrected chi connectivity index (χ3v) is 2.09. The second-order valence-corrected chi connectivity index (χ2v) is 3.76. The van der Waals surface area contributed by atoms with Gasteiger partial charge in [-0.15, -0.1) is 0 Å². The predicted octanol–water partition coefficient (Wildman–Crippen LogP) is 0.776. The van der Waals surface area contributed by atoms with Gasteiger partial charge in [0.25, 0.3) is 5.88 Å². The average Bonchev–Trinajstić information content (AvgIpc) is 2.36. The van der Waals surface area contributed by atoms with Crippen LogP contribution in [-0.2, 0) is 14.3 Å². The van der Waals surface area contributed by atoms with Gasteiger partial charge in [0, 0.05) is 30.7 Å². The Balaban J connectivity index is 2.50. The molecule has 1 aliphatic rings. The van der Waals surface area contributed by atoms with Crippen LogP contribution in [0.25, 0.3) is 0 Å². The molecule has 0 saturated carbocycles. The zero-order valence-electron chi connectivity index (χ0n) is 10.5. The molecule has 0 bridgehead atoms. The zero-order valence-corrected chi connectivity index (χ0v) is 10.5. The smallest absolute Gasteiger partial charge is 0.331 e. The molecule has 1 aliphatic heterocycles. The molecular formula is C13H14N2O4. The fourth-order valence-corrected chi connectivity index (χ4v) is 1.18. The number of carbonyl (C=O) groups is 2. The Kier molecular flexibility index (Phi) is 5.35. The summed E-state index contributed by atoms with van der Waals surface area (Å²) < 4.78 is 5.21. The molecule has 19 heavy (non-hydrogen) atoms. The Morgan fingerprint density at radius 3 is 2.79 bits per heavy atom. The number of carbonyl (C=O) groups excluding carboxylic acids is 1. The Labute approximate surface area is 110 Å². The molecule has 1 rings (SSSR count). The summed E-state index contributed by atoms with van der Waals surface area (Å²) in [5, 5.41) is 11.3. The number of ether oxygens (including phenoxy) is 1. The lowest BCUT2D eigenvalue weighted by atomic mass is 10.1. The van der Waals surface area contributed by atoms with Crippen molar-refractivity contribution in [2.45, 2.75) is 13.3 Å². The first kappa shape index (κ1) is 14.5. The number of carboxylic acid groups (broad SMARTS) is 1. The Morgan fingerprint density at radius 1 is 1.53 bits per heavy atom. The topological polar surface area (TPSA) is 88.0 Å². The molecule has 0 unspecified atom stereocenters. The second-order valence-electron chi connectivity index (χ2n) is 3.76. The van der Waals surface area contributed by atoms with E-state index in [-0.39, 0.29) is 30.4 Å². The molecule has 0 aromatic heterocycles. The third-order valence-electron chi connectivity index (χ3n) is 2.09. The Morgan fingerprint density at radius 2 is 2.26 bits per heavy atom. The highest BCUT2D eigenvalue weighted by Crippen LogP contribution is 2.10. The van der Waals surface area contributed by atoms with E-state index in [4.69, 9.17) is 9.84 Å². The first-order chi connectivity index (χ1) is 8.99. The monoisotopic (exact) mass is 262 g/mol. The maximum atomic E-state index is 10.6. The molecule has 0 radical (unpaired) electrons. The standard InChI is InChI=1S/C13H14N2O4/c1-9(13(17)18)7-11-3-4-12(15-8-11)19-6-5-14-10(2)16/h8H,1,5-7H2,2H3,(H,14,16)(H,17,18). The van der Waals surface area contributed by atoms with Gasteiger partial charge in [-0.2, -0.15) is 0 Å². The van der Waals surface area contributed by atoms with Crippen molar-refractivity contribution in [3.8, 4) is 0 Å². The second kappa shape index (κ2) is 7.01. The molecule has 0 spiro atoms. The van der Waals surface area contributed by atoms with Crippen LogP contribution in [0.5, 0.6) is 0 Å². The van der Waals surface area contributed by atoms with E-state index in [9.17, 15) is 9.59 Å². The van der Waals surface area contributed by atoms with Gasteiger partial charge in [-0.1, -0.05) is 12.3 Å². The number of hydrogen-bond donors (Lipinski definition) is 2. The first-order valence-electron chi connectivity index (χ1n) is 5.56. The molecule has 0 aromatic rings. The van der Waals surface area contributed by atoms with Gasteiger partial charge in [0.05, 0.1) is 6.54 Å². The number of nitrogens with zero attached hydrogens (tertiary/aromatic N) is 1. The zero-order chi connectivity index (χ0) is 14.3. The number of aliphatic carboxylic acids is 1. The molecule has 1 heterocycles. The number of amides is 1. The molecule has 0 fully saturated rings. The number of nitrogens with one attached hydrogen (secondary N) is 1. The quantitative estimate of drug-likeness (QED) is 0.403. The summed E-state index contributed by atoms with van der Waals surface area (Å²) in [4.78, 5) is 25.2. The molecule has 0 saturated heterocycles. The van der Waals surface area contributed by atoms with Crippen LogP contribution in [0.15, 0.2) is 40.1 Å². The van der Waals surface area contributed by atoms with Crippen LogP contribution in [0.1, 0.15) is 13.3 Å². The van der Waals surface area contributed by atoms with Gasteiger partial charge >= 0.3 is 5.97 Å². The van der Waals surface area contributed by atoms with Gasteiger partial charge in [0.1, 0.15) is 6.61 Å². The highest BCUT2D eigenvalue weighted by molar-refractivity contribution is 5.89. The third kappa shape index (κ3) is 5.55. The van der Waals surface area contributed by atoms with Crippen LogP contribution in [0.2, 0.25) is 0 Å². The van der Waals surface area contributed by atoms with E-state index in [0.717, 1.165) is 0 Å². The van der Waals surface area contributed by atoms with E-state index in [1.165, 1.54) is 13.1 Å². The Hall–Kier alpha value is -2.55. The lowest BCUT2D eigenvalue weighted by Crippen LogP contribution is -2.24. The van der Waals surface area contributed by atoms with Gasteiger partial charge in [-0.3, -0.25) is 4.79 Å². The van der Waals surface area contributed by atoms with Crippen LogP contribution in [0, 0.1) is 0 Å². The van der Waals surface area contributed by atoms with Crippen molar-refractivity contribution in [3.05, 3.63) is 35.1 Å². The predicted molar refractivity (Wildman–Crippen MR) is 68.6 cm³/mol. The molecule has 6 heteroatoms. The summed E-state index contributed by atoms with van der Waals surface area (Å²) in [6, 6.07) is 0. The summed E-state index contributed by atoms with van der Waals surface area (Å²) in [5.41, 5.74) is 6.04. The number of carboxylic acids is 1. The molecule has 6 nitrogen and oxygen atoms in total. The van der Waals surface area contributed by atoms with Crippen LogP contribution >= 0.6 is 0 Å². The number of aliphatic imine (C=N–C) groups is 1. The molecular weight excluding hydrogens is 248 g/mol. The van der Waals surface area contributed by atoms with Crippen LogP contribution in [0.3, 0.4) is 0 Å². The van der Waals surface area contributed by atoms with Crippen molar-refractivity contribution in [3.63, 3.8) is 0 Å². The SMILES string of the molecule is C=C(CC1=C=C=C(OCCNC(C)=O)N=C1)C(=O)O. The molecule has 0 aromatic carbocycles. The minimum atomic E-state index is -1.05. The first-order valence-corrected chi connectivity index (χ1v) is 5.56. The van der Waals surface area contributed by atoms with Crippen molar-refractivity contribution >= 4 is 18.1 Å². The van der Waals surface area contributed by atoms with Gasteiger partial charge in [-0.25, -0.2) is 9.79 Å². The van der Waals surface area contributed by atoms with Crippen molar-refractivity contribution < 1.29 is 19.4 Å². The minimum absolute atomic E-state index is 0.0609. The van der Waals surface area contributed by atoms with Crippen molar-refractivity contribution in [1.82, 2.24) is 5.32 Å². The maximum absolute atomic E-state index is 10.6. The molecule has 1 amide bonds. The van der Waals surface area contributed by atoms with E-state index in [1.54, 1.807) is 0 Å². The normalized spacial score (nSPS) is 12.5. The largest absolute Gasteiger partial charge is 0.478 e. The lowest BCUT2D eigenvalue weighted by Gasteiger charge is -2.06. The minimum Gasteiger partial charge on any atom is -0.478 e. The van der Waals surface area contributed by atoms with Crippen molar-refractivity contribution in [2.24, 2.45) is 4.99 Å². The van der Waals surface area contributed by atoms with Gasteiger partial charge in [-0.05, 0) is 5.73 Å². The summed E-state index contributed by atoms with van der Waals surface area (Å²) in [7, 11) is 0. The fraction of sp³-hybridized carbons (Fsp3) is 0.308. The summed E-state index contributed by atoms with van der Waals surface area (Å²) in [5.74, 6) is -0.936. The maximum Gasteiger partial charge on any atom is 0.331 e. The van der Waals surface area contributed by atoms with Crippen molar-refractivity contribution in [1.29, 1.82) is 0 Å². The van der Waals surface area contributed by atoms with E-state index < -0.39 is 5.97 Å². The Bertz CT molecular complexity index is 533. The highest BCUT2D eigenvalue weighted by atomic mass is 16.5. The molecule has 0 aliphatic carbocycles. The number of hydrogen-bond acceptors (Lipinski definition) is 4. The number of rotatable bonds is 7. The van der Waals surface area contributed by atoms with Crippen LogP contribution in [0.4, 0.5) is 0 Å². The van der Waals surface area contributed by atoms with Gasteiger partial charge < -0.3 is 15.2 Å². The lowest BCUT2D eigenvalue weighted by molar-refractivity contribution is -0.132. The van der Waals surface area contributed by atoms with E-state index in [2.05, 4.69) is 28.4 Å². The fourth-order valence-electron chi connectivity index (χ4n) is 1.18. The van der Waals surface area contributed by atoms with Crippen LogP contribution in [-0.4, -0.2) is 36.3 Å². The summed E-state index contributed by atoms with van der Waals surface area (Å²) in [6.45, 7) is 5.49. The number of allylic oxidation sites excluding steroid dienone is 1. The average molecular weight is 262 g/mol.